The second-order valence-electron chi connectivity index (χ2n) is 8.78. The molecule has 2 aromatic rings. The molecule has 1 aromatic heterocycles. The van der Waals surface area contributed by atoms with Gasteiger partial charge in [0, 0.05) is 17.3 Å². The van der Waals surface area contributed by atoms with Crippen LogP contribution in [-0.4, -0.2) is 29.4 Å². The lowest BCUT2D eigenvalue weighted by Gasteiger charge is -2.25. The molecule has 7 heteroatoms. The van der Waals surface area contributed by atoms with Gasteiger partial charge in [0.15, 0.2) is 0 Å². The molecule has 2 aliphatic rings. The Bertz CT molecular complexity index is 977. The molecular weight excluding hydrogens is 424 g/mol. The Morgan fingerprint density at radius 2 is 1.66 bits per heavy atom. The van der Waals surface area contributed by atoms with Crippen molar-refractivity contribution in [3.8, 4) is 0 Å². The van der Waals surface area contributed by atoms with Crippen LogP contribution >= 0.6 is 11.3 Å². The van der Waals surface area contributed by atoms with Crippen LogP contribution in [0.25, 0.3) is 0 Å². The lowest BCUT2D eigenvalue weighted by molar-refractivity contribution is -0.143. The van der Waals surface area contributed by atoms with E-state index in [0.29, 0.717) is 42.8 Å². The molecule has 2 aliphatic carbocycles. The number of fused-ring (bicyclic) bond motifs is 1. The van der Waals surface area contributed by atoms with E-state index < -0.39 is 5.97 Å². The van der Waals surface area contributed by atoms with E-state index in [9.17, 15) is 19.5 Å². The molecule has 0 spiro atoms. The van der Waals surface area contributed by atoms with Crippen molar-refractivity contribution in [2.45, 2.75) is 57.8 Å². The van der Waals surface area contributed by atoms with Crippen molar-refractivity contribution in [3.63, 3.8) is 0 Å². The Kier molecular flexibility index (Phi) is 7.25. The fraction of sp³-hybridized carbons (Fsp3) is 0.480. The first-order valence-electron chi connectivity index (χ1n) is 11.5. The van der Waals surface area contributed by atoms with Gasteiger partial charge in [-0.05, 0) is 68.9 Å². The fourth-order valence-corrected chi connectivity index (χ4v) is 6.05. The fourth-order valence-electron chi connectivity index (χ4n) is 4.76. The Morgan fingerprint density at radius 3 is 2.38 bits per heavy atom. The van der Waals surface area contributed by atoms with E-state index >= 15 is 0 Å². The maximum Gasteiger partial charge on any atom is 0.306 e. The van der Waals surface area contributed by atoms with Crippen molar-refractivity contribution in [1.29, 1.82) is 0 Å². The molecule has 2 amide bonds. The van der Waals surface area contributed by atoms with Crippen LogP contribution in [0, 0.1) is 11.8 Å². The van der Waals surface area contributed by atoms with Gasteiger partial charge in [-0.2, -0.15) is 0 Å². The molecule has 1 saturated carbocycles. The monoisotopic (exact) mass is 454 g/mol. The van der Waals surface area contributed by atoms with Gasteiger partial charge in [-0.15, -0.1) is 11.3 Å². The van der Waals surface area contributed by atoms with Gasteiger partial charge in [-0.25, -0.2) is 0 Å². The Morgan fingerprint density at radius 1 is 0.969 bits per heavy atom. The summed E-state index contributed by atoms with van der Waals surface area (Å²) >= 11 is 1.53. The molecule has 0 radical (unpaired) electrons. The molecular formula is C25H30N2O4S. The van der Waals surface area contributed by atoms with Gasteiger partial charge in [0.25, 0.3) is 5.91 Å². The summed E-state index contributed by atoms with van der Waals surface area (Å²) < 4.78 is 0. The summed E-state index contributed by atoms with van der Waals surface area (Å²) in [6.45, 7) is 0.542. The third-order valence-corrected chi connectivity index (χ3v) is 7.83. The maximum absolute atomic E-state index is 13.1. The molecule has 1 heterocycles. The minimum Gasteiger partial charge on any atom is -0.481 e. The first-order valence-corrected chi connectivity index (χ1v) is 12.3. The van der Waals surface area contributed by atoms with Crippen LogP contribution in [0.5, 0.6) is 0 Å². The molecule has 3 N–H and O–H groups in total. The summed E-state index contributed by atoms with van der Waals surface area (Å²) in [6.07, 6.45) is 6.95. The third-order valence-electron chi connectivity index (χ3n) is 6.62. The summed E-state index contributed by atoms with van der Waals surface area (Å²) in [6, 6.07) is 10.0. The van der Waals surface area contributed by atoms with Crippen molar-refractivity contribution in [1.82, 2.24) is 5.32 Å². The van der Waals surface area contributed by atoms with Gasteiger partial charge in [-0.3, -0.25) is 14.4 Å². The predicted octanol–water partition coefficient (Wildman–Crippen LogP) is 4.43. The standard InChI is InChI=1S/C25H30N2O4S/c28-22(17-10-12-18(13-11-17)25(30)31)27-24-21(19-8-4-5-9-20(19)32-24)23(29)26-15-14-16-6-2-1-3-7-16/h1-3,6-7,17-18H,4-5,8-15H2,(H,26,29)(H,27,28)(H,30,31). The smallest absolute Gasteiger partial charge is 0.306 e. The number of aliphatic carboxylic acids is 1. The minimum atomic E-state index is -0.774. The molecule has 4 rings (SSSR count). The second-order valence-corrected chi connectivity index (χ2v) is 9.89. The Hall–Kier alpha value is -2.67. The van der Waals surface area contributed by atoms with Gasteiger partial charge in [0.2, 0.25) is 5.91 Å². The van der Waals surface area contributed by atoms with Crippen LogP contribution in [-0.2, 0) is 28.9 Å². The quantitative estimate of drug-likeness (QED) is 0.577. The molecule has 0 saturated heterocycles. The number of nitrogens with one attached hydrogen (secondary N) is 2. The Labute approximate surface area is 192 Å². The zero-order valence-electron chi connectivity index (χ0n) is 18.2. The van der Waals surface area contributed by atoms with E-state index in [4.69, 9.17) is 0 Å². The number of thiophene rings is 1. The van der Waals surface area contributed by atoms with Crippen molar-refractivity contribution >= 4 is 34.1 Å². The average molecular weight is 455 g/mol. The summed E-state index contributed by atoms with van der Waals surface area (Å²) in [7, 11) is 0. The molecule has 1 aromatic carbocycles. The topological polar surface area (TPSA) is 95.5 Å². The maximum atomic E-state index is 13.1. The summed E-state index contributed by atoms with van der Waals surface area (Å²) in [5.74, 6) is -1.53. The number of rotatable bonds is 7. The molecule has 6 nitrogen and oxygen atoms in total. The summed E-state index contributed by atoms with van der Waals surface area (Å²) in [5, 5.41) is 15.9. The molecule has 32 heavy (non-hydrogen) atoms. The number of carbonyl (C=O) groups excluding carboxylic acids is 2. The van der Waals surface area contributed by atoms with Gasteiger partial charge in [0.05, 0.1) is 11.5 Å². The Balaban J connectivity index is 1.44. The van der Waals surface area contributed by atoms with Crippen molar-refractivity contribution in [2.24, 2.45) is 11.8 Å². The molecule has 0 aliphatic heterocycles. The molecule has 0 bridgehead atoms. The lowest BCUT2D eigenvalue weighted by Crippen LogP contribution is -2.31. The lowest BCUT2D eigenvalue weighted by atomic mass is 9.81. The molecule has 0 unspecified atom stereocenters. The molecule has 170 valence electrons. The highest BCUT2D eigenvalue weighted by Crippen LogP contribution is 2.39. The van der Waals surface area contributed by atoms with E-state index in [-0.39, 0.29) is 23.7 Å². The number of aryl methyl sites for hydroxylation is 1. The minimum absolute atomic E-state index is 0.0919. The number of hydrogen-bond acceptors (Lipinski definition) is 4. The molecule has 1 fully saturated rings. The second kappa shape index (κ2) is 10.3. The van der Waals surface area contributed by atoms with E-state index in [1.165, 1.54) is 21.8 Å². The van der Waals surface area contributed by atoms with Crippen molar-refractivity contribution in [3.05, 3.63) is 51.9 Å². The number of carbonyl (C=O) groups is 3. The number of benzene rings is 1. The summed E-state index contributed by atoms with van der Waals surface area (Å²) in [4.78, 5) is 38.5. The van der Waals surface area contributed by atoms with E-state index in [2.05, 4.69) is 10.6 Å². The van der Waals surface area contributed by atoms with Crippen LogP contribution in [0.3, 0.4) is 0 Å². The van der Waals surface area contributed by atoms with Crippen LogP contribution in [0.15, 0.2) is 30.3 Å². The van der Waals surface area contributed by atoms with E-state index in [0.717, 1.165) is 37.7 Å². The molecule has 0 atom stereocenters. The number of amides is 2. The van der Waals surface area contributed by atoms with Gasteiger partial charge in [0.1, 0.15) is 5.00 Å². The van der Waals surface area contributed by atoms with Crippen LogP contribution in [0.1, 0.15) is 64.9 Å². The highest BCUT2D eigenvalue weighted by Gasteiger charge is 2.32. The van der Waals surface area contributed by atoms with Crippen LogP contribution in [0.4, 0.5) is 5.00 Å². The average Bonchev–Trinajstić information content (AvgIpc) is 3.17. The first-order chi connectivity index (χ1) is 15.5. The first kappa shape index (κ1) is 22.5. The number of carboxylic acids is 1. The van der Waals surface area contributed by atoms with E-state index in [1.54, 1.807) is 0 Å². The summed E-state index contributed by atoms with van der Waals surface area (Å²) in [5.41, 5.74) is 2.89. The third kappa shape index (κ3) is 5.21. The van der Waals surface area contributed by atoms with Crippen molar-refractivity contribution < 1.29 is 19.5 Å². The van der Waals surface area contributed by atoms with E-state index in [1.807, 2.05) is 30.3 Å². The van der Waals surface area contributed by atoms with Gasteiger partial charge >= 0.3 is 5.97 Å². The highest BCUT2D eigenvalue weighted by atomic mass is 32.1. The predicted molar refractivity (Wildman–Crippen MR) is 125 cm³/mol. The SMILES string of the molecule is O=C(NCCc1ccccc1)c1c(NC(=O)C2CCC(C(=O)O)CC2)sc2c1CCCC2. The van der Waals surface area contributed by atoms with Crippen LogP contribution in [0.2, 0.25) is 0 Å². The van der Waals surface area contributed by atoms with Gasteiger partial charge in [-0.1, -0.05) is 30.3 Å². The largest absolute Gasteiger partial charge is 0.481 e. The van der Waals surface area contributed by atoms with Gasteiger partial charge < -0.3 is 15.7 Å². The normalized spacial score (nSPS) is 20.2. The highest BCUT2D eigenvalue weighted by molar-refractivity contribution is 7.17. The van der Waals surface area contributed by atoms with Crippen LogP contribution < -0.4 is 10.6 Å². The number of anilines is 1. The van der Waals surface area contributed by atoms with Crippen molar-refractivity contribution in [2.75, 3.05) is 11.9 Å². The number of hydrogen-bond donors (Lipinski definition) is 3. The number of carboxylic acid groups (broad SMARTS) is 1. The zero-order valence-corrected chi connectivity index (χ0v) is 19.0. The zero-order chi connectivity index (χ0) is 22.5.